The molecule has 2 aromatic heterocycles. The van der Waals surface area contributed by atoms with Gasteiger partial charge in [0.1, 0.15) is 10.1 Å². The van der Waals surface area contributed by atoms with Crippen molar-refractivity contribution in [2.45, 2.75) is 0 Å². The van der Waals surface area contributed by atoms with Gasteiger partial charge in [-0.2, -0.15) is 0 Å². The fourth-order valence-corrected chi connectivity index (χ4v) is 1.73. The first-order valence-electron chi connectivity index (χ1n) is 4.54. The van der Waals surface area contributed by atoms with Crippen LogP contribution in [0.2, 0.25) is 0 Å². The topological polar surface area (TPSA) is 92.3 Å². The molecule has 0 radical (unpaired) electrons. The van der Waals surface area contributed by atoms with Crippen LogP contribution in [0.1, 0.15) is 10.4 Å². The Morgan fingerprint density at radius 3 is 2.88 bits per heavy atom. The summed E-state index contributed by atoms with van der Waals surface area (Å²) in [7, 11) is 1.12. The molecule has 0 aliphatic rings. The maximum Gasteiger partial charge on any atom is 0.347 e. The van der Waals surface area contributed by atoms with Gasteiger partial charge in [-0.3, -0.25) is 4.79 Å². The second kappa shape index (κ2) is 4.17. The summed E-state index contributed by atoms with van der Waals surface area (Å²) in [6.07, 6.45) is 0. The van der Waals surface area contributed by atoms with E-state index >= 15 is 0 Å². The second-order valence-corrected chi connectivity index (χ2v) is 4.01. The monoisotopic (exact) mass is 298 g/mol. The van der Waals surface area contributed by atoms with E-state index in [1.54, 1.807) is 12.1 Å². The molecule has 2 rings (SSSR count). The predicted octanol–water partition coefficient (Wildman–Crippen LogP) is 1.18. The molecule has 0 amide bonds. The predicted molar refractivity (Wildman–Crippen MR) is 63.1 cm³/mol. The Kier molecular flexibility index (Phi) is 2.84. The van der Waals surface area contributed by atoms with Gasteiger partial charge in [0, 0.05) is 0 Å². The molecule has 0 saturated heterocycles. The summed E-state index contributed by atoms with van der Waals surface area (Å²) in [6, 6.07) is 3.17. The molecule has 2 N–H and O–H groups in total. The first-order chi connectivity index (χ1) is 8.04. The van der Waals surface area contributed by atoms with Crippen LogP contribution in [0.4, 0.5) is 0 Å². The summed E-state index contributed by atoms with van der Waals surface area (Å²) in [4.78, 5) is 29.3. The fraction of sp³-hybridized carbons (Fsp3) is 0.100. The van der Waals surface area contributed by atoms with Crippen LogP contribution >= 0.6 is 15.9 Å². The fourth-order valence-electron chi connectivity index (χ4n) is 1.42. The number of H-pyrrole nitrogens is 1. The lowest BCUT2D eigenvalue weighted by Gasteiger charge is -2.05. The molecular formula is C10H7BrN2O4. The van der Waals surface area contributed by atoms with E-state index in [1.165, 1.54) is 0 Å². The number of rotatable bonds is 1. The van der Waals surface area contributed by atoms with Crippen LogP contribution in [0.3, 0.4) is 0 Å². The molecule has 0 atom stereocenters. The van der Waals surface area contributed by atoms with Gasteiger partial charge in [-0.25, -0.2) is 9.78 Å². The second-order valence-electron chi connectivity index (χ2n) is 3.20. The zero-order chi connectivity index (χ0) is 12.6. The van der Waals surface area contributed by atoms with E-state index < -0.39 is 22.8 Å². The van der Waals surface area contributed by atoms with Crippen LogP contribution in [0, 0.1) is 0 Å². The number of nitrogens with one attached hydrogen (secondary N) is 1. The van der Waals surface area contributed by atoms with E-state index in [0.29, 0.717) is 10.1 Å². The summed E-state index contributed by atoms with van der Waals surface area (Å²) >= 11 is 3.13. The van der Waals surface area contributed by atoms with E-state index in [-0.39, 0.29) is 5.52 Å². The van der Waals surface area contributed by atoms with Crippen LogP contribution < -0.4 is 5.56 Å². The maximum absolute atomic E-state index is 11.6. The van der Waals surface area contributed by atoms with Crippen LogP contribution in [0.15, 0.2) is 21.5 Å². The van der Waals surface area contributed by atoms with Gasteiger partial charge in [0.15, 0.2) is 11.3 Å². The molecule has 0 aliphatic carbocycles. The van der Waals surface area contributed by atoms with Gasteiger partial charge in [-0.1, -0.05) is 0 Å². The highest BCUT2D eigenvalue weighted by molar-refractivity contribution is 9.10. The molecule has 0 bridgehead atoms. The number of hydrogen-bond acceptors (Lipinski definition) is 5. The van der Waals surface area contributed by atoms with Gasteiger partial charge >= 0.3 is 5.97 Å². The largest absolute Gasteiger partial charge is 0.505 e. The Hall–Kier alpha value is -1.89. The maximum atomic E-state index is 11.6. The summed E-state index contributed by atoms with van der Waals surface area (Å²) < 4.78 is 4.89. The minimum absolute atomic E-state index is 0.124. The van der Waals surface area contributed by atoms with Crippen LogP contribution in [0.25, 0.3) is 11.0 Å². The van der Waals surface area contributed by atoms with Crippen LogP contribution in [-0.4, -0.2) is 28.2 Å². The van der Waals surface area contributed by atoms with Crippen molar-refractivity contribution in [2.75, 3.05) is 7.11 Å². The van der Waals surface area contributed by atoms with E-state index in [2.05, 4.69) is 30.6 Å². The molecule has 2 heterocycles. The summed E-state index contributed by atoms with van der Waals surface area (Å²) in [6.45, 7) is 0. The smallest absolute Gasteiger partial charge is 0.347 e. The minimum atomic E-state index is -0.910. The van der Waals surface area contributed by atoms with Gasteiger partial charge in [0.05, 0.1) is 12.6 Å². The number of aromatic amines is 1. The zero-order valence-corrected chi connectivity index (χ0v) is 10.2. The number of hydrogen-bond donors (Lipinski definition) is 2. The lowest BCUT2D eigenvalue weighted by atomic mass is 10.2. The molecule has 0 fully saturated rings. The Morgan fingerprint density at radius 2 is 2.24 bits per heavy atom. The number of aromatic nitrogens is 2. The van der Waals surface area contributed by atoms with Crippen molar-refractivity contribution < 1.29 is 14.6 Å². The number of aromatic hydroxyl groups is 1. The molecular weight excluding hydrogens is 292 g/mol. The highest BCUT2D eigenvalue weighted by Crippen LogP contribution is 2.24. The molecule has 17 heavy (non-hydrogen) atoms. The van der Waals surface area contributed by atoms with Crippen molar-refractivity contribution in [1.29, 1.82) is 0 Å². The van der Waals surface area contributed by atoms with Gasteiger partial charge < -0.3 is 14.8 Å². The van der Waals surface area contributed by atoms with Crippen LogP contribution in [0.5, 0.6) is 5.75 Å². The number of ether oxygens (including phenoxy) is 1. The zero-order valence-electron chi connectivity index (χ0n) is 8.65. The third-order valence-corrected chi connectivity index (χ3v) is 2.63. The third kappa shape index (κ3) is 1.89. The Morgan fingerprint density at radius 1 is 1.53 bits per heavy atom. The first kappa shape index (κ1) is 11.6. The molecule has 0 spiro atoms. The molecule has 0 aliphatic heterocycles. The van der Waals surface area contributed by atoms with Crippen LogP contribution in [-0.2, 0) is 4.74 Å². The van der Waals surface area contributed by atoms with Gasteiger partial charge in [0.2, 0.25) is 0 Å². The van der Waals surface area contributed by atoms with Gasteiger partial charge in [-0.15, -0.1) is 0 Å². The van der Waals surface area contributed by atoms with Crippen molar-refractivity contribution in [1.82, 2.24) is 9.97 Å². The number of pyridine rings is 2. The van der Waals surface area contributed by atoms with Crippen molar-refractivity contribution >= 4 is 32.9 Å². The van der Waals surface area contributed by atoms with E-state index in [9.17, 15) is 14.7 Å². The normalized spacial score (nSPS) is 10.5. The highest BCUT2D eigenvalue weighted by atomic mass is 79.9. The SMILES string of the molecule is COC(=O)c1c(O)c2nc(Br)ccc2[nH]c1=O. The lowest BCUT2D eigenvalue weighted by Crippen LogP contribution is -2.19. The average molecular weight is 299 g/mol. The lowest BCUT2D eigenvalue weighted by molar-refractivity contribution is 0.0595. The van der Waals surface area contributed by atoms with E-state index in [1.807, 2.05) is 0 Å². The number of esters is 1. The average Bonchev–Trinajstić information content (AvgIpc) is 2.30. The molecule has 88 valence electrons. The number of carbonyl (C=O) groups is 1. The number of methoxy groups -OCH3 is 1. The Labute approximate surface area is 103 Å². The Balaban J connectivity index is 2.87. The van der Waals surface area contributed by atoms with Crippen molar-refractivity contribution in [2.24, 2.45) is 0 Å². The number of carbonyl (C=O) groups excluding carboxylic acids is 1. The van der Waals surface area contributed by atoms with Crippen molar-refractivity contribution in [3.05, 3.63) is 32.7 Å². The molecule has 0 aromatic carbocycles. The number of nitrogens with zero attached hydrogens (tertiary/aromatic N) is 1. The van der Waals surface area contributed by atoms with Crippen molar-refractivity contribution in [3.8, 4) is 5.75 Å². The number of halogens is 1. The van der Waals surface area contributed by atoms with E-state index in [0.717, 1.165) is 7.11 Å². The summed E-state index contributed by atoms with van der Waals surface area (Å²) in [5.74, 6) is -1.40. The highest BCUT2D eigenvalue weighted by Gasteiger charge is 2.20. The Bertz CT molecular complexity index is 665. The minimum Gasteiger partial charge on any atom is -0.505 e. The molecule has 2 aromatic rings. The quantitative estimate of drug-likeness (QED) is 0.609. The van der Waals surface area contributed by atoms with Gasteiger partial charge in [0.25, 0.3) is 5.56 Å². The molecule has 6 nitrogen and oxygen atoms in total. The van der Waals surface area contributed by atoms with Gasteiger partial charge in [-0.05, 0) is 28.1 Å². The molecule has 0 saturated carbocycles. The van der Waals surface area contributed by atoms with Crippen molar-refractivity contribution in [3.63, 3.8) is 0 Å². The summed E-state index contributed by atoms with van der Waals surface area (Å²) in [5.41, 5.74) is -0.709. The van der Waals surface area contributed by atoms with E-state index in [4.69, 9.17) is 0 Å². The first-order valence-corrected chi connectivity index (χ1v) is 5.33. The summed E-state index contributed by atoms with van der Waals surface area (Å²) in [5, 5.41) is 9.85. The molecule has 0 unspecified atom stereocenters. The number of fused-ring (bicyclic) bond motifs is 1. The standard InChI is InChI=1S/C10H7BrN2O4/c1-17-10(16)6-8(14)7-4(12-9(6)15)2-3-5(11)13-7/h2-3H,1H3,(H2,12,14,15). The third-order valence-electron chi connectivity index (χ3n) is 2.19. The molecule has 7 heteroatoms.